The van der Waals surface area contributed by atoms with Crippen LogP contribution in [0.2, 0.25) is 5.82 Å². The van der Waals surface area contributed by atoms with Gasteiger partial charge in [-0.1, -0.05) is 17.9 Å². The summed E-state index contributed by atoms with van der Waals surface area (Å²) in [6.07, 6.45) is 2.95. The van der Waals surface area contributed by atoms with E-state index in [1.807, 2.05) is 27.7 Å². The molecule has 1 heterocycles. The molecular formula is C17H26BFO3. The summed E-state index contributed by atoms with van der Waals surface area (Å²) in [5.74, 6) is 4.74. The van der Waals surface area contributed by atoms with E-state index in [1.165, 1.54) is 0 Å². The van der Waals surface area contributed by atoms with Gasteiger partial charge >= 0.3 is 7.12 Å². The predicted octanol–water partition coefficient (Wildman–Crippen LogP) is 3.49. The van der Waals surface area contributed by atoms with Crippen molar-refractivity contribution in [2.45, 2.75) is 77.0 Å². The molecule has 5 heteroatoms. The van der Waals surface area contributed by atoms with Crippen LogP contribution in [0, 0.1) is 17.8 Å². The summed E-state index contributed by atoms with van der Waals surface area (Å²) in [6.45, 7) is 11.2. The molecule has 0 aromatic heterocycles. The van der Waals surface area contributed by atoms with Crippen LogP contribution in [0.15, 0.2) is 11.9 Å². The Hall–Kier alpha value is -0.825. The van der Waals surface area contributed by atoms with Crippen molar-refractivity contribution in [2.24, 2.45) is 5.92 Å². The molecule has 122 valence electrons. The Bertz CT molecular complexity index is 506. The second kappa shape index (κ2) is 5.67. The molecule has 2 atom stereocenters. The second-order valence-corrected chi connectivity index (χ2v) is 7.80. The number of halogens is 1. The van der Waals surface area contributed by atoms with Crippen LogP contribution in [0.1, 0.15) is 54.4 Å². The molecule has 0 bridgehead atoms. The molecule has 3 nitrogen and oxygen atoms in total. The highest BCUT2D eigenvalue weighted by Gasteiger charge is 2.53. The first-order valence-electron chi connectivity index (χ1n) is 7.89. The van der Waals surface area contributed by atoms with E-state index in [0.29, 0.717) is 6.42 Å². The van der Waals surface area contributed by atoms with Crippen molar-refractivity contribution < 1.29 is 18.8 Å². The first-order chi connectivity index (χ1) is 9.91. The monoisotopic (exact) mass is 308 g/mol. The van der Waals surface area contributed by atoms with Crippen molar-refractivity contribution >= 4 is 7.12 Å². The maximum Gasteiger partial charge on any atom is 0.465 e. The highest BCUT2D eigenvalue weighted by Crippen LogP contribution is 2.44. The van der Waals surface area contributed by atoms with Gasteiger partial charge in [0.05, 0.1) is 17.1 Å². The van der Waals surface area contributed by atoms with Gasteiger partial charge in [-0.15, -0.1) is 0 Å². The van der Waals surface area contributed by atoms with Crippen molar-refractivity contribution in [2.75, 3.05) is 0 Å². The van der Waals surface area contributed by atoms with Gasteiger partial charge in [-0.3, -0.25) is 0 Å². The second-order valence-electron chi connectivity index (χ2n) is 7.80. The smallest absolute Gasteiger partial charge is 0.403 e. The predicted molar refractivity (Wildman–Crippen MR) is 85.8 cm³/mol. The van der Waals surface area contributed by atoms with Crippen LogP contribution in [0.25, 0.3) is 0 Å². The maximum atomic E-state index is 14.3. The molecule has 0 amide bonds. The molecule has 0 aromatic carbocycles. The topological polar surface area (TPSA) is 38.7 Å². The molecular weight excluding hydrogens is 282 g/mol. The highest BCUT2D eigenvalue weighted by molar-refractivity contribution is 6.48. The molecule has 1 fully saturated rings. The Kier molecular flexibility index (Phi) is 4.52. The van der Waals surface area contributed by atoms with Gasteiger partial charge in [0, 0.05) is 5.82 Å². The molecule has 1 aliphatic carbocycles. The summed E-state index contributed by atoms with van der Waals surface area (Å²) < 4.78 is 26.3. The third kappa shape index (κ3) is 3.74. The highest BCUT2D eigenvalue weighted by atomic mass is 19.1. The fourth-order valence-corrected chi connectivity index (χ4v) is 2.58. The largest absolute Gasteiger partial charge is 0.465 e. The van der Waals surface area contributed by atoms with E-state index >= 15 is 0 Å². The third-order valence-corrected chi connectivity index (χ3v) is 4.67. The Morgan fingerprint density at radius 3 is 2.23 bits per heavy atom. The molecule has 0 spiro atoms. The lowest BCUT2D eigenvalue weighted by Crippen LogP contribution is -2.41. The summed E-state index contributed by atoms with van der Waals surface area (Å²) in [4.78, 5) is 0. The minimum absolute atomic E-state index is 0.0961. The number of hydrogen-bond acceptors (Lipinski definition) is 3. The van der Waals surface area contributed by atoms with Crippen molar-refractivity contribution in [1.29, 1.82) is 0 Å². The first-order valence-corrected chi connectivity index (χ1v) is 7.89. The lowest BCUT2D eigenvalue weighted by Gasteiger charge is -2.32. The normalized spacial score (nSPS) is 30.5. The Morgan fingerprint density at radius 1 is 1.23 bits per heavy atom. The zero-order valence-electron chi connectivity index (χ0n) is 14.4. The number of rotatable bonds is 1. The number of aliphatic hydroxyl groups is 1. The van der Waals surface area contributed by atoms with Crippen molar-refractivity contribution in [1.82, 2.24) is 0 Å². The van der Waals surface area contributed by atoms with E-state index in [-0.39, 0.29) is 11.6 Å². The van der Waals surface area contributed by atoms with Crippen molar-refractivity contribution in [3.8, 4) is 11.8 Å². The maximum absolute atomic E-state index is 14.3. The van der Waals surface area contributed by atoms with Crippen LogP contribution < -0.4 is 0 Å². The standard InChI is InChI=1S/C17H26BFO3/c1-15(2,20)10-9-12-7-8-13(11-14(12)19)18-21-16(3,4)17(5,6)22-18/h11-13,20H,7-8H2,1-6H3/t12-,13-/m1/s1. The zero-order chi connectivity index (χ0) is 16.8. The minimum atomic E-state index is -1.09. The first kappa shape index (κ1) is 17.5. The lowest BCUT2D eigenvalue weighted by molar-refractivity contribution is 0.00578. The summed E-state index contributed by atoms with van der Waals surface area (Å²) in [6, 6.07) is 0. The molecule has 2 rings (SSSR count). The lowest BCUT2D eigenvalue weighted by atomic mass is 9.66. The quantitative estimate of drug-likeness (QED) is 0.595. The van der Waals surface area contributed by atoms with Crippen LogP contribution in [-0.4, -0.2) is 29.0 Å². The molecule has 0 aromatic rings. The van der Waals surface area contributed by atoms with Gasteiger partial charge in [-0.05, 0) is 54.4 Å². The van der Waals surface area contributed by atoms with Crippen LogP contribution >= 0.6 is 0 Å². The summed E-state index contributed by atoms with van der Waals surface area (Å²) >= 11 is 0. The average Bonchev–Trinajstić information content (AvgIpc) is 2.56. The van der Waals surface area contributed by atoms with E-state index < -0.39 is 29.8 Å². The van der Waals surface area contributed by atoms with Crippen molar-refractivity contribution in [3.63, 3.8) is 0 Å². The fraction of sp³-hybridized carbons (Fsp3) is 0.765. The summed E-state index contributed by atoms with van der Waals surface area (Å²) in [5, 5.41) is 9.62. The van der Waals surface area contributed by atoms with E-state index in [2.05, 4.69) is 11.8 Å². The molecule has 1 N–H and O–H groups in total. The van der Waals surface area contributed by atoms with Crippen molar-refractivity contribution in [3.05, 3.63) is 11.9 Å². The summed E-state index contributed by atoms with van der Waals surface area (Å²) in [7, 11) is -0.418. The molecule has 0 saturated carbocycles. The Morgan fingerprint density at radius 2 is 1.77 bits per heavy atom. The van der Waals surface area contributed by atoms with Crippen LogP contribution in [-0.2, 0) is 9.31 Å². The van der Waals surface area contributed by atoms with Gasteiger partial charge < -0.3 is 14.4 Å². The minimum Gasteiger partial charge on any atom is -0.403 e. The van der Waals surface area contributed by atoms with E-state index in [0.717, 1.165) is 6.42 Å². The van der Waals surface area contributed by atoms with E-state index in [4.69, 9.17) is 9.31 Å². The molecule has 0 unspecified atom stereocenters. The number of allylic oxidation sites excluding steroid dienone is 2. The van der Waals surface area contributed by atoms with Gasteiger partial charge in [-0.2, -0.15) is 0 Å². The van der Waals surface area contributed by atoms with Crippen LogP contribution in [0.5, 0.6) is 0 Å². The number of hydrogen-bond donors (Lipinski definition) is 1. The van der Waals surface area contributed by atoms with Gasteiger partial charge in [0.2, 0.25) is 0 Å². The van der Waals surface area contributed by atoms with Gasteiger partial charge in [0.1, 0.15) is 11.4 Å². The molecule has 0 radical (unpaired) electrons. The fourth-order valence-electron chi connectivity index (χ4n) is 2.58. The van der Waals surface area contributed by atoms with E-state index in [1.54, 1.807) is 19.9 Å². The molecule has 22 heavy (non-hydrogen) atoms. The van der Waals surface area contributed by atoms with Crippen LogP contribution in [0.3, 0.4) is 0 Å². The van der Waals surface area contributed by atoms with Gasteiger partial charge in [0.15, 0.2) is 0 Å². The molecule has 1 aliphatic heterocycles. The molecule has 2 aliphatic rings. The third-order valence-electron chi connectivity index (χ3n) is 4.67. The van der Waals surface area contributed by atoms with Gasteiger partial charge in [-0.25, -0.2) is 4.39 Å². The van der Waals surface area contributed by atoms with Crippen LogP contribution in [0.4, 0.5) is 4.39 Å². The SMILES string of the molecule is CC(C)(O)C#C[C@H]1CC[C@@H](B2OC(C)(C)C(C)(C)O2)C=C1F. The van der Waals surface area contributed by atoms with E-state index in [9.17, 15) is 9.50 Å². The van der Waals surface area contributed by atoms with Gasteiger partial charge in [0.25, 0.3) is 0 Å². The Balaban J connectivity index is 2.09. The zero-order valence-corrected chi connectivity index (χ0v) is 14.4. The summed E-state index contributed by atoms with van der Waals surface area (Å²) in [5.41, 5.74) is -1.90. The Labute approximate surface area is 133 Å². The molecule has 1 saturated heterocycles. The average molecular weight is 308 g/mol.